The van der Waals surface area contributed by atoms with Crippen molar-refractivity contribution in [1.29, 1.82) is 5.26 Å². The summed E-state index contributed by atoms with van der Waals surface area (Å²) in [6.45, 7) is 1.81. The third-order valence-corrected chi connectivity index (χ3v) is 2.68. The molecule has 2 rings (SSSR count). The molecule has 1 fully saturated rings. The second-order valence-electron chi connectivity index (χ2n) is 4.17. The highest BCUT2D eigenvalue weighted by atomic mass is 19.4. The van der Waals surface area contributed by atoms with E-state index in [0.717, 1.165) is 18.7 Å². The SMILES string of the molecule is N#Cc1ccc(C(F)(F)F)nc1OCC1CNCCO1. The lowest BCUT2D eigenvalue weighted by molar-refractivity contribution is -0.141. The molecule has 0 radical (unpaired) electrons. The van der Waals surface area contributed by atoms with Crippen molar-refractivity contribution in [3.05, 3.63) is 23.4 Å². The van der Waals surface area contributed by atoms with E-state index in [0.29, 0.717) is 13.2 Å². The Bertz CT molecular complexity index is 508. The van der Waals surface area contributed by atoms with Crippen LogP contribution in [-0.2, 0) is 10.9 Å². The number of halogens is 3. The van der Waals surface area contributed by atoms with Gasteiger partial charge in [0.05, 0.1) is 6.61 Å². The minimum absolute atomic E-state index is 0.0377. The summed E-state index contributed by atoms with van der Waals surface area (Å²) in [5.41, 5.74) is -1.13. The highest BCUT2D eigenvalue weighted by molar-refractivity contribution is 5.39. The second-order valence-corrected chi connectivity index (χ2v) is 4.17. The Hall–Kier alpha value is -1.85. The number of morpholine rings is 1. The van der Waals surface area contributed by atoms with Crippen molar-refractivity contribution in [2.75, 3.05) is 26.3 Å². The number of nitrogens with zero attached hydrogens (tertiary/aromatic N) is 2. The van der Waals surface area contributed by atoms with Crippen LogP contribution in [0.25, 0.3) is 0 Å². The van der Waals surface area contributed by atoms with Crippen LogP contribution >= 0.6 is 0 Å². The average molecular weight is 287 g/mol. The summed E-state index contributed by atoms with van der Waals surface area (Å²) in [5.74, 6) is -0.323. The van der Waals surface area contributed by atoms with E-state index in [1.54, 1.807) is 6.07 Å². The maximum atomic E-state index is 12.6. The van der Waals surface area contributed by atoms with Crippen molar-refractivity contribution in [2.24, 2.45) is 0 Å². The number of nitrogens with one attached hydrogen (secondary N) is 1. The monoisotopic (exact) mass is 287 g/mol. The largest absolute Gasteiger partial charge is 0.474 e. The maximum Gasteiger partial charge on any atom is 0.433 e. The van der Waals surface area contributed by atoms with Gasteiger partial charge in [-0.05, 0) is 12.1 Å². The van der Waals surface area contributed by atoms with E-state index in [4.69, 9.17) is 14.7 Å². The summed E-state index contributed by atoms with van der Waals surface area (Å²) in [4.78, 5) is 3.35. The van der Waals surface area contributed by atoms with Crippen LogP contribution in [0, 0.1) is 11.3 Å². The van der Waals surface area contributed by atoms with E-state index in [1.807, 2.05) is 0 Å². The van der Waals surface area contributed by atoms with Gasteiger partial charge in [-0.2, -0.15) is 18.4 Å². The summed E-state index contributed by atoms with van der Waals surface area (Å²) >= 11 is 0. The first-order valence-corrected chi connectivity index (χ1v) is 5.94. The van der Waals surface area contributed by atoms with Crippen molar-refractivity contribution >= 4 is 0 Å². The molecule has 108 valence electrons. The summed E-state index contributed by atoms with van der Waals surface area (Å²) in [6.07, 6.45) is -4.85. The van der Waals surface area contributed by atoms with Crippen LogP contribution in [-0.4, -0.2) is 37.4 Å². The van der Waals surface area contributed by atoms with E-state index < -0.39 is 11.9 Å². The Kier molecular flexibility index (Phi) is 4.42. The number of alkyl halides is 3. The molecular formula is C12H12F3N3O2. The Morgan fingerprint density at radius 1 is 1.50 bits per heavy atom. The average Bonchev–Trinajstić information content (AvgIpc) is 2.45. The molecular weight excluding hydrogens is 275 g/mol. The van der Waals surface area contributed by atoms with Crippen LogP contribution < -0.4 is 10.1 Å². The third kappa shape index (κ3) is 3.59. The molecule has 0 bridgehead atoms. The molecule has 1 saturated heterocycles. The molecule has 0 aromatic carbocycles. The number of hydrogen-bond donors (Lipinski definition) is 1. The van der Waals surface area contributed by atoms with Gasteiger partial charge in [0.1, 0.15) is 30.0 Å². The quantitative estimate of drug-likeness (QED) is 0.908. The molecule has 0 aliphatic carbocycles. The van der Waals surface area contributed by atoms with Crippen molar-refractivity contribution in [3.8, 4) is 11.9 Å². The van der Waals surface area contributed by atoms with Gasteiger partial charge in [-0.25, -0.2) is 4.98 Å². The Morgan fingerprint density at radius 3 is 2.90 bits per heavy atom. The maximum absolute atomic E-state index is 12.6. The first-order chi connectivity index (χ1) is 9.50. The second kappa shape index (κ2) is 6.07. The molecule has 0 saturated carbocycles. The zero-order valence-electron chi connectivity index (χ0n) is 10.4. The van der Waals surface area contributed by atoms with Gasteiger partial charge in [-0.1, -0.05) is 0 Å². The highest BCUT2D eigenvalue weighted by Gasteiger charge is 2.33. The fourth-order valence-electron chi connectivity index (χ4n) is 1.69. The van der Waals surface area contributed by atoms with Crippen LogP contribution in [0.15, 0.2) is 12.1 Å². The van der Waals surface area contributed by atoms with E-state index in [-0.39, 0.29) is 24.2 Å². The molecule has 1 aliphatic rings. The summed E-state index contributed by atoms with van der Waals surface area (Å²) in [5, 5.41) is 11.9. The van der Waals surface area contributed by atoms with Crippen LogP contribution in [0.4, 0.5) is 13.2 Å². The topological polar surface area (TPSA) is 67.2 Å². The van der Waals surface area contributed by atoms with Crippen molar-refractivity contribution in [3.63, 3.8) is 0 Å². The van der Waals surface area contributed by atoms with E-state index in [2.05, 4.69) is 10.3 Å². The first-order valence-electron chi connectivity index (χ1n) is 5.94. The third-order valence-electron chi connectivity index (χ3n) is 2.68. The minimum Gasteiger partial charge on any atom is -0.474 e. The molecule has 1 N–H and O–H groups in total. The predicted molar refractivity (Wildman–Crippen MR) is 62.1 cm³/mol. The van der Waals surface area contributed by atoms with Gasteiger partial charge in [0, 0.05) is 13.1 Å². The van der Waals surface area contributed by atoms with E-state index >= 15 is 0 Å². The normalized spacial score (nSPS) is 19.4. The van der Waals surface area contributed by atoms with Gasteiger partial charge >= 0.3 is 6.18 Å². The standard InChI is InChI=1S/C12H12F3N3O2/c13-12(14,15)10-2-1-8(5-16)11(18-10)20-7-9-6-17-3-4-19-9/h1-2,9,17H,3-4,6-7H2. The van der Waals surface area contributed by atoms with Crippen LogP contribution in [0.5, 0.6) is 5.88 Å². The Morgan fingerprint density at radius 2 is 2.30 bits per heavy atom. The molecule has 2 heterocycles. The van der Waals surface area contributed by atoms with Crippen molar-refractivity contribution < 1.29 is 22.6 Å². The van der Waals surface area contributed by atoms with Gasteiger partial charge in [0.25, 0.3) is 0 Å². The van der Waals surface area contributed by atoms with Crippen LogP contribution in [0.3, 0.4) is 0 Å². The van der Waals surface area contributed by atoms with Crippen molar-refractivity contribution in [2.45, 2.75) is 12.3 Å². The lowest BCUT2D eigenvalue weighted by Crippen LogP contribution is -2.41. The first kappa shape index (κ1) is 14.6. The van der Waals surface area contributed by atoms with Gasteiger partial charge in [-0.15, -0.1) is 0 Å². The molecule has 8 heteroatoms. The molecule has 0 amide bonds. The molecule has 1 aliphatic heterocycles. The molecule has 5 nitrogen and oxygen atoms in total. The molecule has 20 heavy (non-hydrogen) atoms. The van der Waals surface area contributed by atoms with Gasteiger partial charge in [0.15, 0.2) is 0 Å². The number of hydrogen-bond acceptors (Lipinski definition) is 5. The van der Waals surface area contributed by atoms with Gasteiger partial charge < -0.3 is 14.8 Å². The van der Waals surface area contributed by atoms with Crippen molar-refractivity contribution in [1.82, 2.24) is 10.3 Å². The van der Waals surface area contributed by atoms with Gasteiger partial charge in [0.2, 0.25) is 5.88 Å². The molecule has 1 unspecified atom stereocenters. The fraction of sp³-hybridized carbons (Fsp3) is 0.500. The lowest BCUT2D eigenvalue weighted by atomic mass is 10.2. The highest BCUT2D eigenvalue weighted by Crippen LogP contribution is 2.30. The number of ether oxygens (including phenoxy) is 2. The Labute approximate surface area is 113 Å². The zero-order valence-corrected chi connectivity index (χ0v) is 10.4. The number of rotatable bonds is 3. The van der Waals surface area contributed by atoms with Gasteiger partial charge in [-0.3, -0.25) is 0 Å². The predicted octanol–water partition coefficient (Wildman–Crippen LogP) is 1.34. The van der Waals surface area contributed by atoms with Crippen LogP contribution in [0.2, 0.25) is 0 Å². The lowest BCUT2D eigenvalue weighted by Gasteiger charge is -2.23. The molecule has 1 aromatic heterocycles. The number of aromatic nitrogens is 1. The molecule has 1 atom stereocenters. The fourth-order valence-corrected chi connectivity index (χ4v) is 1.69. The van der Waals surface area contributed by atoms with E-state index in [9.17, 15) is 13.2 Å². The van der Waals surface area contributed by atoms with Crippen LogP contribution in [0.1, 0.15) is 11.3 Å². The summed E-state index contributed by atoms with van der Waals surface area (Å²) in [6, 6.07) is 3.55. The number of pyridine rings is 1. The molecule has 1 aromatic rings. The summed E-state index contributed by atoms with van der Waals surface area (Å²) < 4.78 is 48.2. The molecule has 0 spiro atoms. The smallest absolute Gasteiger partial charge is 0.433 e. The van der Waals surface area contributed by atoms with E-state index in [1.165, 1.54) is 0 Å². The number of nitriles is 1. The minimum atomic E-state index is -4.57. The zero-order chi connectivity index (χ0) is 14.6. The summed E-state index contributed by atoms with van der Waals surface area (Å²) in [7, 11) is 0. The Balaban J connectivity index is 2.10.